The molecule has 1 atom stereocenters. The van der Waals surface area contributed by atoms with Crippen molar-refractivity contribution in [1.82, 2.24) is 4.90 Å². The van der Waals surface area contributed by atoms with E-state index in [0.29, 0.717) is 11.4 Å². The van der Waals surface area contributed by atoms with Gasteiger partial charge in [-0.15, -0.1) is 11.3 Å². The van der Waals surface area contributed by atoms with Crippen molar-refractivity contribution in [3.05, 3.63) is 89.5 Å². The molecule has 0 bridgehead atoms. The molecular weight excluding hydrogens is 398 g/mol. The predicted molar refractivity (Wildman–Crippen MR) is 126 cm³/mol. The zero-order chi connectivity index (χ0) is 20.5. The number of rotatable bonds is 5. The molecule has 0 aliphatic heterocycles. The Morgan fingerprint density at radius 3 is 2.45 bits per heavy atom. The average molecular weight is 420 g/mol. The van der Waals surface area contributed by atoms with E-state index in [2.05, 4.69) is 49.0 Å². The number of carbonyl (C=O) groups is 1. The van der Waals surface area contributed by atoms with E-state index >= 15 is 0 Å². The lowest BCUT2D eigenvalue weighted by Gasteiger charge is -2.23. The summed E-state index contributed by atoms with van der Waals surface area (Å²) in [5.41, 5.74) is 2.89. The Balaban J connectivity index is 1.90. The first-order valence-corrected chi connectivity index (χ1v) is 10.7. The van der Waals surface area contributed by atoms with Crippen LogP contribution in [-0.4, -0.2) is 24.9 Å². The molecule has 0 radical (unpaired) electrons. The summed E-state index contributed by atoms with van der Waals surface area (Å²) in [5, 5.41) is 3.12. The van der Waals surface area contributed by atoms with E-state index in [0.717, 1.165) is 16.7 Å². The van der Waals surface area contributed by atoms with E-state index in [9.17, 15) is 4.79 Å². The first-order valence-electron chi connectivity index (χ1n) is 9.51. The number of thiophene rings is 1. The molecule has 1 unspecified atom stereocenters. The quantitative estimate of drug-likeness (QED) is 0.341. The summed E-state index contributed by atoms with van der Waals surface area (Å²) in [6.45, 7) is 4.39. The Kier molecular flexibility index (Phi) is 5.44. The van der Waals surface area contributed by atoms with Crippen LogP contribution in [0.1, 0.15) is 23.5 Å². The zero-order valence-corrected chi connectivity index (χ0v) is 18.1. The third-order valence-electron chi connectivity index (χ3n) is 5.33. The van der Waals surface area contributed by atoms with Crippen LogP contribution >= 0.6 is 22.9 Å². The molecule has 0 aliphatic rings. The SMILES string of the molecule is C=C(c1ccccc1Cl)C(CC(=O)N(C)C)c1cccc2c1sc1ccccc12. The van der Waals surface area contributed by atoms with Crippen molar-refractivity contribution in [2.75, 3.05) is 14.1 Å². The van der Waals surface area contributed by atoms with Gasteiger partial charge in [0.05, 0.1) is 0 Å². The Morgan fingerprint density at radius 2 is 1.69 bits per heavy atom. The molecule has 0 spiro atoms. The minimum atomic E-state index is -0.151. The number of hydrogen-bond donors (Lipinski definition) is 0. The summed E-state index contributed by atoms with van der Waals surface area (Å²) in [6.07, 6.45) is 0.352. The molecule has 4 heteroatoms. The number of nitrogens with zero attached hydrogens (tertiary/aromatic N) is 1. The molecule has 1 aromatic heterocycles. The van der Waals surface area contributed by atoms with Crippen molar-refractivity contribution < 1.29 is 4.79 Å². The molecule has 0 N–H and O–H groups in total. The molecule has 1 heterocycles. The van der Waals surface area contributed by atoms with Crippen LogP contribution in [0.2, 0.25) is 5.02 Å². The van der Waals surface area contributed by atoms with Gasteiger partial charge in [-0.3, -0.25) is 4.79 Å². The van der Waals surface area contributed by atoms with Crippen molar-refractivity contribution in [3.63, 3.8) is 0 Å². The molecule has 0 fully saturated rings. The molecule has 146 valence electrons. The second-order valence-electron chi connectivity index (χ2n) is 7.37. The van der Waals surface area contributed by atoms with Gasteiger partial charge in [0.2, 0.25) is 5.91 Å². The number of amides is 1. The highest BCUT2D eigenvalue weighted by atomic mass is 35.5. The number of halogens is 1. The first kappa shape index (κ1) is 19.7. The molecule has 29 heavy (non-hydrogen) atoms. The fourth-order valence-corrected chi connectivity index (χ4v) is 5.26. The van der Waals surface area contributed by atoms with E-state index in [4.69, 9.17) is 11.6 Å². The van der Waals surface area contributed by atoms with Crippen LogP contribution in [0.3, 0.4) is 0 Å². The molecule has 1 amide bonds. The maximum Gasteiger partial charge on any atom is 0.223 e. The summed E-state index contributed by atoms with van der Waals surface area (Å²) in [6, 6.07) is 22.5. The summed E-state index contributed by atoms with van der Waals surface area (Å²) < 4.78 is 2.45. The van der Waals surface area contributed by atoms with Gasteiger partial charge in [0, 0.05) is 51.6 Å². The smallest absolute Gasteiger partial charge is 0.223 e. The number of benzene rings is 3. The van der Waals surface area contributed by atoms with E-state index < -0.39 is 0 Å². The minimum Gasteiger partial charge on any atom is -0.349 e. The lowest BCUT2D eigenvalue weighted by molar-refractivity contribution is -0.128. The van der Waals surface area contributed by atoms with E-state index in [1.807, 2.05) is 24.3 Å². The summed E-state index contributed by atoms with van der Waals surface area (Å²) in [4.78, 5) is 14.3. The van der Waals surface area contributed by atoms with E-state index in [-0.39, 0.29) is 11.8 Å². The monoisotopic (exact) mass is 419 g/mol. The summed E-state index contributed by atoms with van der Waals surface area (Å²) >= 11 is 8.25. The van der Waals surface area contributed by atoms with Gasteiger partial charge in [-0.1, -0.05) is 72.8 Å². The van der Waals surface area contributed by atoms with Crippen molar-refractivity contribution >= 4 is 54.6 Å². The number of hydrogen-bond acceptors (Lipinski definition) is 2. The summed E-state index contributed by atoms with van der Waals surface area (Å²) in [7, 11) is 3.58. The van der Waals surface area contributed by atoms with Crippen LogP contribution in [0.15, 0.2) is 73.3 Å². The van der Waals surface area contributed by atoms with Gasteiger partial charge < -0.3 is 4.90 Å². The van der Waals surface area contributed by atoms with Crippen LogP contribution < -0.4 is 0 Å². The lowest BCUT2D eigenvalue weighted by Crippen LogP contribution is -2.24. The van der Waals surface area contributed by atoms with Crippen molar-refractivity contribution in [2.45, 2.75) is 12.3 Å². The first-order chi connectivity index (χ1) is 14.0. The Morgan fingerprint density at radius 1 is 1.00 bits per heavy atom. The highest BCUT2D eigenvalue weighted by Gasteiger charge is 2.25. The second-order valence-corrected chi connectivity index (χ2v) is 8.83. The topological polar surface area (TPSA) is 20.3 Å². The Hall–Kier alpha value is -2.62. The highest BCUT2D eigenvalue weighted by molar-refractivity contribution is 7.26. The van der Waals surface area contributed by atoms with Gasteiger partial charge in [0.25, 0.3) is 0 Å². The fourth-order valence-electron chi connectivity index (χ4n) is 3.73. The lowest BCUT2D eigenvalue weighted by atomic mass is 9.84. The number of allylic oxidation sites excluding steroid dienone is 1. The average Bonchev–Trinajstić information content (AvgIpc) is 3.10. The van der Waals surface area contributed by atoms with Crippen LogP contribution in [0.5, 0.6) is 0 Å². The molecule has 3 aromatic carbocycles. The third-order valence-corrected chi connectivity index (χ3v) is 6.89. The number of fused-ring (bicyclic) bond motifs is 3. The van der Waals surface area contributed by atoms with Crippen molar-refractivity contribution in [3.8, 4) is 0 Å². The number of carbonyl (C=O) groups excluding carboxylic acids is 1. The van der Waals surface area contributed by atoms with Gasteiger partial charge in [-0.2, -0.15) is 0 Å². The third kappa shape index (κ3) is 3.68. The zero-order valence-electron chi connectivity index (χ0n) is 16.5. The largest absolute Gasteiger partial charge is 0.349 e. The molecule has 0 saturated carbocycles. The minimum absolute atomic E-state index is 0.0707. The molecular formula is C25H22ClNOS. The van der Waals surface area contributed by atoms with E-state index in [1.165, 1.54) is 20.2 Å². The van der Waals surface area contributed by atoms with Crippen LogP contribution in [0.25, 0.3) is 25.7 Å². The molecule has 0 saturated heterocycles. The Bertz CT molecular complexity index is 1220. The summed E-state index contributed by atoms with van der Waals surface area (Å²) in [5.74, 6) is -0.0807. The highest BCUT2D eigenvalue weighted by Crippen LogP contribution is 2.44. The van der Waals surface area contributed by atoms with Gasteiger partial charge in [0.1, 0.15) is 0 Å². The maximum absolute atomic E-state index is 12.7. The van der Waals surface area contributed by atoms with Crippen molar-refractivity contribution in [1.29, 1.82) is 0 Å². The standard InChI is InChI=1S/C25H22ClNOS/c1-16(17-9-4-6-13-22(17)26)21(15-24(28)27(2)3)20-12-8-11-19-18-10-5-7-14-23(18)29-25(19)20/h4-14,21H,1,15H2,2-3H3. The van der Waals surface area contributed by atoms with Gasteiger partial charge in [0.15, 0.2) is 0 Å². The van der Waals surface area contributed by atoms with Crippen LogP contribution in [0, 0.1) is 0 Å². The molecule has 4 aromatic rings. The van der Waals surface area contributed by atoms with Gasteiger partial charge in [-0.25, -0.2) is 0 Å². The van der Waals surface area contributed by atoms with Gasteiger partial charge in [-0.05, 0) is 28.8 Å². The molecule has 2 nitrogen and oxygen atoms in total. The maximum atomic E-state index is 12.7. The van der Waals surface area contributed by atoms with Crippen molar-refractivity contribution in [2.24, 2.45) is 0 Å². The molecule has 4 rings (SSSR count). The molecule has 0 aliphatic carbocycles. The predicted octanol–water partition coefficient (Wildman–Crippen LogP) is 6.98. The fraction of sp³-hybridized carbons (Fsp3) is 0.160. The van der Waals surface area contributed by atoms with Crippen LogP contribution in [0.4, 0.5) is 0 Å². The normalized spacial score (nSPS) is 12.2. The Labute approximate surface area is 180 Å². The van der Waals surface area contributed by atoms with E-state index in [1.54, 1.807) is 30.3 Å². The second kappa shape index (κ2) is 8.02. The van der Waals surface area contributed by atoms with Crippen LogP contribution in [-0.2, 0) is 4.79 Å². The van der Waals surface area contributed by atoms with Gasteiger partial charge >= 0.3 is 0 Å².